The van der Waals surface area contributed by atoms with Crippen LogP contribution in [0.15, 0.2) is 35.1 Å². The maximum absolute atomic E-state index is 13.4. The van der Waals surface area contributed by atoms with Crippen molar-refractivity contribution < 1.29 is 23.5 Å². The molecule has 4 aliphatic rings. The fourth-order valence-electron chi connectivity index (χ4n) is 6.47. The maximum atomic E-state index is 13.4. The summed E-state index contributed by atoms with van der Waals surface area (Å²) in [5, 5.41) is 0. The number of nitrogens with zero attached hydrogens (tertiary/aromatic N) is 1. The van der Waals surface area contributed by atoms with Crippen LogP contribution in [0.4, 0.5) is 0 Å². The van der Waals surface area contributed by atoms with Crippen molar-refractivity contribution in [1.82, 2.24) is 9.88 Å². The third-order valence-corrected chi connectivity index (χ3v) is 7.41. The molecule has 2 aromatic heterocycles. The summed E-state index contributed by atoms with van der Waals surface area (Å²) in [6.45, 7) is 1.50. The highest BCUT2D eigenvalue weighted by Crippen LogP contribution is 2.58. The fourth-order valence-corrected chi connectivity index (χ4v) is 6.47. The zero-order chi connectivity index (χ0) is 21.6. The smallest absolute Gasteiger partial charge is 0.355 e. The van der Waals surface area contributed by atoms with E-state index in [0.29, 0.717) is 29.9 Å². The molecule has 6 rings (SSSR count). The number of nitrogens with one attached hydrogen (secondary N) is 1. The van der Waals surface area contributed by atoms with Gasteiger partial charge >= 0.3 is 5.97 Å². The van der Waals surface area contributed by atoms with Crippen LogP contribution in [-0.2, 0) is 16.1 Å². The maximum Gasteiger partial charge on any atom is 0.355 e. The summed E-state index contributed by atoms with van der Waals surface area (Å²) in [5.74, 6) is 1.83. The Balaban J connectivity index is 1.32. The Labute approximate surface area is 181 Å². The van der Waals surface area contributed by atoms with Crippen molar-refractivity contribution in [2.75, 3.05) is 6.61 Å². The number of ether oxygens (including phenoxy) is 1. The van der Waals surface area contributed by atoms with Crippen molar-refractivity contribution in [2.24, 2.45) is 17.8 Å². The first kappa shape index (κ1) is 20.1. The van der Waals surface area contributed by atoms with E-state index >= 15 is 0 Å². The average molecular weight is 424 g/mol. The number of aromatic nitrogens is 1. The van der Waals surface area contributed by atoms with Gasteiger partial charge < -0.3 is 19.0 Å². The Morgan fingerprint density at radius 3 is 2.39 bits per heavy atom. The molecule has 164 valence electrons. The van der Waals surface area contributed by atoms with Crippen LogP contribution in [0.3, 0.4) is 0 Å². The lowest BCUT2D eigenvalue weighted by Gasteiger charge is -2.60. The van der Waals surface area contributed by atoms with Gasteiger partial charge in [-0.1, -0.05) is 0 Å². The number of hydrogen-bond acceptors (Lipinski definition) is 5. The first-order valence-electron chi connectivity index (χ1n) is 11.1. The summed E-state index contributed by atoms with van der Waals surface area (Å²) >= 11 is 0. The van der Waals surface area contributed by atoms with Crippen LogP contribution in [0, 0.1) is 17.8 Å². The Bertz CT molecular complexity index is 954. The number of rotatable bonds is 7. The number of Topliss-reactive ketones (excluding diaryl/α,β-unsaturated/α-hetero) is 1. The summed E-state index contributed by atoms with van der Waals surface area (Å²) in [5.41, 5.74) is 0.413. The van der Waals surface area contributed by atoms with E-state index < -0.39 is 5.97 Å². The molecule has 0 radical (unpaired) electrons. The van der Waals surface area contributed by atoms with Gasteiger partial charge in [0.2, 0.25) is 0 Å². The minimum atomic E-state index is -0.635. The molecule has 4 aliphatic carbocycles. The SMILES string of the molecule is CC(=O)c1c[nH]c(C(=O)OCC(=O)N(Cc2ccco2)C23CC4CC(CC(C4)C2)C3)c1. The predicted octanol–water partition coefficient (Wildman–Crippen LogP) is 3.96. The highest BCUT2D eigenvalue weighted by molar-refractivity contribution is 5.97. The molecular formula is C24H28N2O5. The van der Waals surface area contributed by atoms with Crippen molar-refractivity contribution in [1.29, 1.82) is 0 Å². The molecule has 0 saturated heterocycles. The van der Waals surface area contributed by atoms with Crippen LogP contribution < -0.4 is 0 Å². The molecule has 0 atom stereocenters. The Kier molecular flexibility index (Phi) is 4.99. The minimum Gasteiger partial charge on any atom is -0.467 e. The molecule has 0 aromatic carbocycles. The molecule has 2 aromatic rings. The molecule has 0 spiro atoms. The summed E-state index contributed by atoms with van der Waals surface area (Å²) in [6, 6.07) is 5.17. The molecule has 1 N–H and O–H groups in total. The van der Waals surface area contributed by atoms with Crippen LogP contribution in [0.1, 0.15) is 72.1 Å². The van der Waals surface area contributed by atoms with Gasteiger partial charge in [-0.3, -0.25) is 9.59 Å². The van der Waals surface area contributed by atoms with E-state index in [0.717, 1.165) is 25.0 Å². The molecule has 2 heterocycles. The van der Waals surface area contributed by atoms with Crippen LogP contribution in [-0.4, -0.2) is 39.7 Å². The Morgan fingerprint density at radius 2 is 1.84 bits per heavy atom. The van der Waals surface area contributed by atoms with Gasteiger partial charge in [-0.2, -0.15) is 0 Å². The second kappa shape index (κ2) is 7.70. The first-order valence-corrected chi connectivity index (χ1v) is 11.1. The largest absolute Gasteiger partial charge is 0.467 e. The first-order chi connectivity index (χ1) is 14.9. The second-order valence-corrected chi connectivity index (χ2v) is 9.64. The van der Waals surface area contributed by atoms with Gasteiger partial charge in [0, 0.05) is 17.3 Å². The summed E-state index contributed by atoms with van der Waals surface area (Å²) < 4.78 is 10.9. The van der Waals surface area contributed by atoms with Crippen molar-refractivity contribution in [3.63, 3.8) is 0 Å². The number of H-pyrrole nitrogens is 1. The standard InChI is InChI=1S/C24H28N2O5/c1-15(27)19-8-21(25-12-19)23(29)31-14-22(28)26(13-20-3-2-4-30-20)24-9-16-5-17(10-24)7-18(6-16)11-24/h2-4,8,12,16-18,25H,5-7,9-11,13-14H2,1H3. The van der Waals surface area contributed by atoms with Crippen LogP contribution >= 0.6 is 0 Å². The van der Waals surface area contributed by atoms with E-state index in [1.165, 1.54) is 38.4 Å². The van der Waals surface area contributed by atoms with E-state index in [4.69, 9.17) is 9.15 Å². The monoisotopic (exact) mass is 424 g/mol. The normalized spacial score (nSPS) is 28.5. The van der Waals surface area contributed by atoms with Gasteiger partial charge in [0.1, 0.15) is 11.5 Å². The van der Waals surface area contributed by atoms with E-state index in [2.05, 4.69) is 4.98 Å². The van der Waals surface area contributed by atoms with E-state index in [-0.39, 0.29) is 29.5 Å². The van der Waals surface area contributed by atoms with Crippen molar-refractivity contribution in [3.05, 3.63) is 47.7 Å². The molecule has 0 unspecified atom stereocenters. The number of esters is 1. The zero-order valence-corrected chi connectivity index (χ0v) is 17.8. The summed E-state index contributed by atoms with van der Waals surface area (Å²) in [7, 11) is 0. The molecule has 4 bridgehead atoms. The number of ketones is 1. The van der Waals surface area contributed by atoms with Gasteiger partial charge in [-0.15, -0.1) is 0 Å². The number of hydrogen-bond donors (Lipinski definition) is 1. The highest BCUT2D eigenvalue weighted by atomic mass is 16.5. The Morgan fingerprint density at radius 1 is 1.16 bits per heavy atom. The number of furan rings is 1. The van der Waals surface area contributed by atoms with Gasteiger partial charge in [0.25, 0.3) is 5.91 Å². The molecule has 7 heteroatoms. The lowest BCUT2D eigenvalue weighted by atomic mass is 9.52. The van der Waals surface area contributed by atoms with Crippen LogP contribution in [0.5, 0.6) is 0 Å². The number of carbonyl (C=O) groups is 3. The average Bonchev–Trinajstić information content (AvgIpc) is 3.41. The molecule has 4 saturated carbocycles. The van der Waals surface area contributed by atoms with Crippen LogP contribution in [0.25, 0.3) is 0 Å². The molecule has 4 fully saturated rings. The van der Waals surface area contributed by atoms with E-state index in [1.807, 2.05) is 17.0 Å². The van der Waals surface area contributed by atoms with E-state index in [9.17, 15) is 14.4 Å². The minimum absolute atomic E-state index is 0.141. The number of amides is 1. The molecule has 1 amide bonds. The van der Waals surface area contributed by atoms with Crippen LogP contribution in [0.2, 0.25) is 0 Å². The van der Waals surface area contributed by atoms with Gasteiger partial charge in [-0.25, -0.2) is 4.79 Å². The van der Waals surface area contributed by atoms with Crippen molar-refractivity contribution in [3.8, 4) is 0 Å². The molecule has 31 heavy (non-hydrogen) atoms. The molecule has 0 aliphatic heterocycles. The zero-order valence-electron chi connectivity index (χ0n) is 17.8. The highest BCUT2D eigenvalue weighted by Gasteiger charge is 2.54. The predicted molar refractivity (Wildman–Crippen MR) is 111 cm³/mol. The lowest BCUT2D eigenvalue weighted by molar-refractivity contribution is -0.156. The van der Waals surface area contributed by atoms with E-state index in [1.54, 1.807) is 6.26 Å². The summed E-state index contributed by atoms with van der Waals surface area (Å²) in [4.78, 5) is 41.9. The molecular weight excluding hydrogens is 396 g/mol. The number of aromatic amines is 1. The molecule has 7 nitrogen and oxygen atoms in total. The van der Waals surface area contributed by atoms with Gasteiger partial charge in [0.15, 0.2) is 12.4 Å². The van der Waals surface area contributed by atoms with Crippen molar-refractivity contribution >= 4 is 17.7 Å². The van der Waals surface area contributed by atoms with Crippen molar-refractivity contribution in [2.45, 2.75) is 57.5 Å². The second-order valence-electron chi connectivity index (χ2n) is 9.64. The third kappa shape index (κ3) is 3.82. The topological polar surface area (TPSA) is 92.6 Å². The van der Waals surface area contributed by atoms with Gasteiger partial charge in [0.05, 0.1) is 12.8 Å². The summed E-state index contributed by atoms with van der Waals surface area (Å²) in [6.07, 6.45) is 10.0. The number of carbonyl (C=O) groups excluding carboxylic acids is 3. The third-order valence-electron chi connectivity index (χ3n) is 7.41. The van der Waals surface area contributed by atoms with Gasteiger partial charge in [-0.05, 0) is 81.4 Å². The fraction of sp³-hybridized carbons (Fsp3) is 0.542. The Hall–Kier alpha value is -2.83. The quantitative estimate of drug-likeness (QED) is 0.536. The lowest BCUT2D eigenvalue weighted by Crippen LogP contribution is -2.61.